The van der Waals surface area contributed by atoms with Crippen LogP contribution >= 0.6 is 27.5 Å². The van der Waals surface area contributed by atoms with Crippen molar-refractivity contribution >= 4 is 50.8 Å². The van der Waals surface area contributed by atoms with Gasteiger partial charge in [0, 0.05) is 17.8 Å². The lowest BCUT2D eigenvalue weighted by Crippen LogP contribution is -2.68. The number of fused-ring (bicyclic) bond motifs is 1. The van der Waals surface area contributed by atoms with Crippen LogP contribution < -0.4 is 5.32 Å². The molecule has 2 aliphatic rings. The molecule has 0 aliphatic carbocycles. The summed E-state index contributed by atoms with van der Waals surface area (Å²) in [5, 5.41) is 4.89. The number of hydrogen-bond acceptors (Lipinski definition) is 4. The van der Waals surface area contributed by atoms with Crippen molar-refractivity contribution in [3.8, 4) is 0 Å². The minimum atomic E-state index is -1.76. The molecule has 33 heavy (non-hydrogen) atoms. The lowest BCUT2D eigenvalue weighted by atomic mass is 9.82. The number of benzene rings is 2. The molecule has 1 unspecified atom stereocenters. The number of hydrogen-bond donors (Lipinski definition) is 1. The summed E-state index contributed by atoms with van der Waals surface area (Å²) in [5.74, 6) is -6.88. The Balaban J connectivity index is 1.68. The van der Waals surface area contributed by atoms with E-state index in [0.29, 0.717) is 19.4 Å². The number of amides is 2. The molecule has 0 aromatic heterocycles. The molecule has 2 fully saturated rings. The molecule has 0 saturated carbocycles. The predicted octanol–water partition coefficient (Wildman–Crippen LogP) is 4.46. The van der Waals surface area contributed by atoms with Gasteiger partial charge in [-0.05, 0) is 53.9 Å². The second kappa shape index (κ2) is 8.73. The summed E-state index contributed by atoms with van der Waals surface area (Å²) >= 11 is 8.60. The third-order valence-electron chi connectivity index (χ3n) is 6.05. The molecule has 0 bridgehead atoms. The van der Waals surface area contributed by atoms with Gasteiger partial charge in [0.05, 0.1) is 21.6 Å². The van der Waals surface area contributed by atoms with E-state index in [1.165, 1.54) is 23.2 Å². The van der Waals surface area contributed by atoms with E-state index < -0.39 is 51.0 Å². The van der Waals surface area contributed by atoms with Gasteiger partial charge in [-0.3, -0.25) is 19.4 Å². The first-order chi connectivity index (χ1) is 15.5. The summed E-state index contributed by atoms with van der Waals surface area (Å²) in [6.45, 7) is 1.75. The predicted molar refractivity (Wildman–Crippen MR) is 117 cm³/mol. The molecule has 2 amide bonds. The third-order valence-corrected chi connectivity index (χ3v) is 7.10. The molecule has 1 N–H and O–H groups in total. The van der Waals surface area contributed by atoms with Crippen molar-refractivity contribution in [3.63, 3.8) is 0 Å². The van der Waals surface area contributed by atoms with Crippen LogP contribution in [0.25, 0.3) is 0 Å². The molecule has 4 rings (SSSR count). The normalized spacial score (nSPS) is 23.1. The Bertz CT molecular complexity index is 1160. The summed E-state index contributed by atoms with van der Waals surface area (Å²) in [7, 11) is 0. The van der Waals surface area contributed by atoms with Crippen LogP contribution in [-0.2, 0) is 20.9 Å². The molecule has 0 spiro atoms. The van der Waals surface area contributed by atoms with E-state index in [0.717, 1.165) is 12.1 Å². The molecule has 6 nitrogen and oxygen atoms in total. The first-order valence-electron chi connectivity index (χ1n) is 10.1. The average molecular weight is 545 g/mol. The summed E-state index contributed by atoms with van der Waals surface area (Å²) < 4.78 is 41.9. The largest absolute Gasteiger partial charge is 0.325 e. The van der Waals surface area contributed by atoms with Gasteiger partial charge in [0.15, 0.2) is 11.7 Å². The van der Waals surface area contributed by atoms with E-state index >= 15 is 0 Å². The zero-order chi connectivity index (χ0) is 24.1. The van der Waals surface area contributed by atoms with Crippen LogP contribution in [0.1, 0.15) is 25.3 Å². The number of rotatable bonds is 4. The number of Topliss-reactive ketones (excluding diaryl/α,β-unsaturated/α-hetero) is 1. The first-order valence-corrected chi connectivity index (χ1v) is 11.2. The summed E-state index contributed by atoms with van der Waals surface area (Å²) in [4.78, 5) is 39.6. The zero-order valence-corrected chi connectivity index (χ0v) is 19.6. The number of halogens is 5. The van der Waals surface area contributed by atoms with E-state index in [1.54, 1.807) is 11.9 Å². The Labute approximate surface area is 200 Å². The van der Waals surface area contributed by atoms with Gasteiger partial charge in [-0.1, -0.05) is 23.7 Å². The van der Waals surface area contributed by atoms with Crippen molar-refractivity contribution in [3.05, 3.63) is 62.8 Å². The number of anilines is 1. The van der Waals surface area contributed by atoms with Gasteiger partial charge in [-0.15, -0.1) is 0 Å². The molecular weight excluding hydrogens is 527 g/mol. The number of ketones is 1. The SMILES string of the molecule is C[C@]12CCCN1N(Cc1cccc(Cl)c1F)C(=O)C(C(=O)Nc1cc(F)c(Br)c(F)c1)C2=O. The zero-order valence-electron chi connectivity index (χ0n) is 17.3. The molecule has 0 radical (unpaired) electrons. The fourth-order valence-corrected chi connectivity index (χ4v) is 4.77. The molecule has 11 heteroatoms. The second-order valence-corrected chi connectivity index (χ2v) is 9.35. The van der Waals surface area contributed by atoms with Crippen LogP contribution in [0, 0.1) is 23.4 Å². The maximum atomic E-state index is 14.5. The number of carbonyl (C=O) groups is 3. The summed E-state index contributed by atoms with van der Waals surface area (Å²) in [6.07, 6.45) is 0.973. The third kappa shape index (κ3) is 4.04. The minimum Gasteiger partial charge on any atom is -0.325 e. The molecular formula is C22H18BrClF3N3O3. The van der Waals surface area contributed by atoms with Crippen molar-refractivity contribution in [1.29, 1.82) is 0 Å². The van der Waals surface area contributed by atoms with Crippen molar-refractivity contribution in [2.75, 3.05) is 11.9 Å². The van der Waals surface area contributed by atoms with Crippen molar-refractivity contribution < 1.29 is 27.6 Å². The van der Waals surface area contributed by atoms with Gasteiger partial charge in [0.1, 0.15) is 17.5 Å². The Morgan fingerprint density at radius 2 is 1.91 bits per heavy atom. The number of carbonyl (C=O) groups excluding carboxylic acids is 3. The van der Waals surface area contributed by atoms with Crippen molar-refractivity contribution in [2.24, 2.45) is 5.92 Å². The van der Waals surface area contributed by atoms with E-state index in [9.17, 15) is 27.6 Å². The highest BCUT2D eigenvalue weighted by Gasteiger charge is 2.58. The average Bonchev–Trinajstić information content (AvgIpc) is 3.15. The van der Waals surface area contributed by atoms with Gasteiger partial charge < -0.3 is 5.32 Å². The van der Waals surface area contributed by atoms with Crippen LogP contribution in [0.3, 0.4) is 0 Å². The molecule has 2 aromatic carbocycles. The molecule has 174 valence electrons. The maximum Gasteiger partial charge on any atom is 0.257 e. The van der Waals surface area contributed by atoms with Crippen LogP contribution in [0.15, 0.2) is 34.8 Å². The van der Waals surface area contributed by atoms with Crippen LogP contribution in [0.5, 0.6) is 0 Å². The lowest BCUT2D eigenvalue weighted by molar-refractivity contribution is -0.184. The fraction of sp³-hybridized carbons (Fsp3) is 0.318. The summed E-state index contributed by atoms with van der Waals surface area (Å²) in [6, 6.07) is 6.09. The first kappa shape index (κ1) is 23.7. The van der Waals surface area contributed by atoms with Gasteiger partial charge in [-0.2, -0.15) is 0 Å². The maximum absolute atomic E-state index is 14.5. The minimum absolute atomic E-state index is 0.120. The topological polar surface area (TPSA) is 69.7 Å². The van der Waals surface area contributed by atoms with Crippen LogP contribution in [0.4, 0.5) is 18.9 Å². The molecule has 2 aromatic rings. The quantitative estimate of drug-likeness (QED) is 0.456. The smallest absolute Gasteiger partial charge is 0.257 e. The monoisotopic (exact) mass is 543 g/mol. The van der Waals surface area contributed by atoms with Crippen LogP contribution in [0.2, 0.25) is 5.02 Å². The standard InChI is InChI=1S/C22H18BrClF3N3O3/c1-22-6-3-7-30(22)29(10-11-4-2-5-13(24)18(11)27)21(33)16(19(22)31)20(32)28-12-8-14(25)17(23)15(26)9-12/h2,4-5,8-9,16H,3,6-7,10H2,1H3,(H,28,32)/t16?,22-/m1/s1. The van der Waals surface area contributed by atoms with Gasteiger partial charge in [-0.25, -0.2) is 18.2 Å². The Morgan fingerprint density at radius 3 is 2.58 bits per heavy atom. The fourth-order valence-electron chi connectivity index (χ4n) is 4.35. The Morgan fingerprint density at radius 1 is 1.24 bits per heavy atom. The summed E-state index contributed by atoms with van der Waals surface area (Å²) in [5.41, 5.74) is -1.29. The number of nitrogens with one attached hydrogen (secondary N) is 1. The van der Waals surface area contributed by atoms with Crippen molar-refractivity contribution in [2.45, 2.75) is 31.8 Å². The molecule has 2 saturated heterocycles. The second-order valence-electron chi connectivity index (χ2n) is 8.15. The van der Waals surface area contributed by atoms with Gasteiger partial charge in [0.2, 0.25) is 5.91 Å². The molecule has 2 aliphatic heterocycles. The highest BCUT2D eigenvalue weighted by molar-refractivity contribution is 9.10. The van der Waals surface area contributed by atoms with E-state index in [-0.39, 0.29) is 22.8 Å². The van der Waals surface area contributed by atoms with Crippen molar-refractivity contribution in [1.82, 2.24) is 10.0 Å². The molecule has 2 heterocycles. The van der Waals surface area contributed by atoms with Gasteiger partial charge in [0.25, 0.3) is 5.91 Å². The van der Waals surface area contributed by atoms with Crippen LogP contribution in [-0.4, -0.2) is 39.7 Å². The van der Waals surface area contributed by atoms with Gasteiger partial charge >= 0.3 is 0 Å². The molecule has 2 atom stereocenters. The van der Waals surface area contributed by atoms with E-state index in [2.05, 4.69) is 21.2 Å². The Hall–Kier alpha value is -2.43. The lowest BCUT2D eigenvalue weighted by Gasteiger charge is -2.47. The highest BCUT2D eigenvalue weighted by atomic mass is 79.9. The Kier molecular flexibility index (Phi) is 6.28. The van der Waals surface area contributed by atoms with E-state index in [4.69, 9.17) is 11.6 Å². The number of nitrogens with zero attached hydrogens (tertiary/aromatic N) is 2. The highest BCUT2D eigenvalue weighted by Crippen LogP contribution is 2.39. The number of hydrazine groups is 1. The van der Waals surface area contributed by atoms with E-state index in [1.807, 2.05) is 0 Å².